The number of hydrogen-bond acceptors (Lipinski definition) is 2. The molecule has 0 atom stereocenters. The average molecular weight is 177 g/mol. The quantitative estimate of drug-likeness (QED) is 0.373. The molecule has 0 bridgehead atoms. The molecular formula is C9H7NOS. The van der Waals surface area contributed by atoms with Crippen LogP contribution < -0.4 is 0 Å². The molecule has 3 heteroatoms. The molecule has 0 N–H and O–H groups in total. The van der Waals surface area contributed by atoms with Crippen molar-refractivity contribution in [3.63, 3.8) is 0 Å². The monoisotopic (exact) mass is 177 g/mol. The van der Waals surface area contributed by atoms with Crippen molar-refractivity contribution in [2.75, 3.05) is 0 Å². The van der Waals surface area contributed by atoms with Crippen molar-refractivity contribution in [3.05, 3.63) is 35.4 Å². The summed E-state index contributed by atoms with van der Waals surface area (Å²) in [6.45, 7) is 1.98. The molecule has 0 aromatic heterocycles. The van der Waals surface area contributed by atoms with E-state index in [2.05, 4.69) is 4.99 Å². The van der Waals surface area contributed by atoms with E-state index in [1.54, 1.807) is 0 Å². The number of aryl methyl sites for hydroxylation is 1. The summed E-state index contributed by atoms with van der Waals surface area (Å²) in [6, 6.07) is 7.50. The van der Waals surface area contributed by atoms with Gasteiger partial charge < -0.3 is 0 Å². The molecule has 1 rings (SSSR count). The van der Waals surface area contributed by atoms with Gasteiger partial charge >= 0.3 is 0 Å². The van der Waals surface area contributed by atoms with Crippen LogP contribution in [0, 0.1) is 6.92 Å². The molecule has 12 heavy (non-hydrogen) atoms. The van der Waals surface area contributed by atoms with Crippen LogP contribution in [0.15, 0.2) is 29.3 Å². The lowest BCUT2D eigenvalue weighted by Crippen LogP contribution is -1.91. The summed E-state index contributed by atoms with van der Waals surface area (Å²) in [4.78, 5) is 13.5. The van der Waals surface area contributed by atoms with E-state index in [0.717, 1.165) is 11.1 Å². The lowest BCUT2D eigenvalue weighted by Gasteiger charge is -1.95. The van der Waals surface area contributed by atoms with E-state index < -0.39 is 0 Å². The Bertz CT molecular complexity index is 336. The number of carbonyl (C=O) groups excluding carboxylic acids is 1. The predicted molar refractivity (Wildman–Crippen MR) is 51.0 cm³/mol. The first-order valence-corrected chi connectivity index (χ1v) is 3.84. The van der Waals surface area contributed by atoms with Gasteiger partial charge in [-0.05, 0) is 6.92 Å². The molecule has 0 saturated carbocycles. The van der Waals surface area contributed by atoms with E-state index in [4.69, 9.17) is 12.2 Å². The van der Waals surface area contributed by atoms with Gasteiger partial charge in [0, 0.05) is 5.56 Å². The standard InChI is InChI=1S/C9H7NOS/c1-7-2-4-8(5-3-7)9(12)10-6-11/h2-5H,1H3. The van der Waals surface area contributed by atoms with Crippen molar-refractivity contribution in [1.29, 1.82) is 0 Å². The fourth-order valence-electron chi connectivity index (χ4n) is 0.802. The lowest BCUT2D eigenvalue weighted by atomic mass is 10.1. The van der Waals surface area contributed by atoms with Gasteiger partial charge in [-0.1, -0.05) is 42.0 Å². The number of aliphatic imine (C=N–C) groups is 1. The minimum absolute atomic E-state index is 0.282. The van der Waals surface area contributed by atoms with Gasteiger partial charge in [-0.25, -0.2) is 4.79 Å². The summed E-state index contributed by atoms with van der Waals surface area (Å²) in [5.74, 6) is 0. The van der Waals surface area contributed by atoms with Gasteiger partial charge in [-0.2, -0.15) is 4.99 Å². The van der Waals surface area contributed by atoms with Gasteiger partial charge in [-0.3, -0.25) is 0 Å². The molecule has 0 radical (unpaired) electrons. The Morgan fingerprint density at radius 1 is 1.42 bits per heavy atom. The molecule has 2 nitrogen and oxygen atoms in total. The molecule has 0 fully saturated rings. The molecular weight excluding hydrogens is 170 g/mol. The Kier molecular flexibility index (Phi) is 2.86. The smallest absolute Gasteiger partial charge is 0.211 e. The molecule has 0 aliphatic rings. The summed E-state index contributed by atoms with van der Waals surface area (Å²) in [5, 5.41) is 0. The molecule has 0 spiro atoms. The highest BCUT2D eigenvalue weighted by atomic mass is 32.1. The number of benzene rings is 1. The Hall–Kier alpha value is -1.31. The average Bonchev–Trinajstić information content (AvgIpc) is 2.06. The second kappa shape index (κ2) is 3.90. The summed E-state index contributed by atoms with van der Waals surface area (Å²) in [6.07, 6.45) is 1.41. The molecule has 0 aliphatic carbocycles. The highest BCUT2D eigenvalue weighted by Gasteiger charge is 1.96. The SMILES string of the molecule is Cc1ccc(C(=S)N=C=O)cc1. The molecule has 1 aromatic rings. The van der Waals surface area contributed by atoms with E-state index in [9.17, 15) is 4.79 Å². The first kappa shape index (κ1) is 8.78. The minimum Gasteiger partial charge on any atom is -0.211 e. The number of hydrogen-bond donors (Lipinski definition) is 0. The maximum atomic E-state index is 9.88. The second-order valence-electron chi connectivity index (χ2n) is 2.37. The van der Waals surface area contributed by atoms with Gasteiger partial charge in [0.15, 0.2) is 0 Å². The topological polar surface area (TPSA) is 29.4 Å². The number of isocyanates is 1. The largest absolute Gasteiger partial charge is 0.241 e. The van der Waals surface area contributed by atoms with Crippen molar-refractivity contribution in [1.82, 2.24) is 0 Å². The van der Waals surface area contributed by atoms with Crippen LogP contribution in [0.25, 0.3) is 0 Å². The maximum absolute atomic E-state index is 9.88. The van der Waals surface area contributed by atoms with Crippen LogP contribution in [-0.4, -0.2) is 11.1 Å². The van der Waals surface area contributed by atoms with E-state index in [1.807, 2.05) is 31.2 Å². The fourth-order valence-corrected chi connectivity index (χ4v) is 0.975. The van der Waals surface area contributed by atoms with E-state index >= 15 is 0 Å². The zero-order valence-corrected chi connectivity index (χ0v) is 7.39. The third-order valence-corrected chi connectivity index (χ3v) is 1.77. The van der Waals surface area contributed by atoms with Gasteiger partial charge in [0.1, 0.15) is 4.99 Å². The zero-order valence-electron chi connectivity index (χ0n) is 6.57. The van der Waals surface area contributed by atoms with E-state index in [1.165, 1.54) is 6.08 Å². The van der Waals surface area contributed by atoms with Gasteiger partial charge in [0.2, 0.25) is 6.08 Å². The summed E-state index contributed by atoms with van der Waals surface area (Å²) in [5.41, 5.74) is 1.93. The van der Waals surface area contributed by atoms with Crippen molar-refractivity contribution in [2.24, 2.45) is 4.99 Å². The van der Waals surface area contributed by atoms with Crippen LogP contribution in [0.2, 0.25) is 0 Å². The number of rotatable bonds is 1. The Morgan fingerprint density at radius 2 is 2.00 bits per heavy atom. The normalized spacial score (nSPS) is 8.75. The Morgan fingerprint density at radius 3 is 2.50 bits per heavy atom. The molecule has 60 valence electrons. The molecule has 0 amide bonds. The molecule has 0 heterocycles. The summed E-state index contributed by atoms with van der Waals surface area (Å²) < 4.78 is 0. The zero-order chi connectivity index (χ0) is 8.97. The van der Waals surface area contributed by atoms with Crippen LogP contribution in [-0.2, 0) is 4.79 Å². The van der Waals surface area contributed by atoms with Crippen LogP contribution in [0.5, 0.6) is 0 Å². The van der Waals surface area contributed by atoms with Crippen LogP contribution in [0.4, 0.5) is 0 Å². The molecule has 0 saturated heterocycles. The first-order valence-electron chi connectivity index (χ1n) is 3.43. The molecule has 0 aliphatic heterocycles. The first-order chi connectivity index (χ1) is 5.74. The van der Waals surface area contributed by atoms with Crippen molar-refractivity contribution >= 4 is 23.3 Å². The molecule has 0 unspecified atom stereocenters. The van der Waals surface area contributed by atoms with Crippen molar-refractivity contribution in [2.45, 2.75) is 6.92 Å². The Labute approximate surface area is 75.9 Å². The van der Waals surface area contributed by atoms with Crippen LogP contribution >= 0.6 is 12.2 Å². The van der Waals surface area contributed by atoms with Crippen molar-refractivity contribution < 1.29 is 4.79 Å². The number of nitrogens with zero attached hydrogens (tertiary/aromatic N) is 1. The fraction of sp³-hybridized carbons (Fsp3) is 0.111. The highest BCUT2D eigenvalue weighted by Crippen LogP contribution is 2.04. The third kappa shape index (κ3) is 2.09. The van der Waals surface area contributed by atoms with Crippen molar-refractivity contribution in [3.8, 4) is 0 Å². The lowest BCUT2D eigenvalue weighted by molar-refractivity contribution is 0.566. The summed E-state index contributed by atoms with van der Waals surface area (Å²) in [7, 11) is 0. The molecule has 1 aromatic carbocycles. The number of thiocarbonyl (C=S) groups is 1. The van der Waals surface area contributed by atoms with Gasteiger partial charge in [0.25, 0.3) is 0 Å². The van der Waals surface area contributed by atoms with Crippen LogP contribution in [0.3, 0.4) is 0 Å². The van der Waals surface area contributed by atoms with Gasteiger partial charge in [0.05, 0.1) is 0 Å². The highest BCUT2D eigenvalue weighted by molar-refractivity contribution is 7.80. The minimum atomic E-state index is 0.282. The maximum Gasteiger partial charge on any atom is 0.241 e. The van der Waals surface area contributed by atoms with Crippen LogP contribution in [0.1, 0.15) is 11.1 Å². The third-order valence-electron chi connectivity index (χ3n) is 1.45. The second-order valence-corrected chi connectivity index (χ2v) is 2.76. The van der Waals surface area contributed by atoms with E-state index in [0.29, 0.717) is 0 Å². The van der Waals surface area contributed by atoms with Gasteiger partial charge in [-0.15, -0.1) is 0 Å². The summed E-state index contributed by atoms with van der Waals surface area (Å²) >= 11 is 4.83. The predicted octanol–water partition coefficient (Wildman–Crippen LogP) is 2.01. The van der Waals surface area contributed by atoms with E-state index in [-0.39, 0.29) is 4.99 Å². The Balaban J connectivity index is 2.97.